The smallest absolute Gasteiger partial charge is 0.273 e. The predicted molar refractivity (Wildman–Crippen MR) is 88.9 cm³/mol. The third-order valence-electron chi connectivity index (χ3n) is 2.93. The SMILES string of the molecule is CO/C=C1/SC(=S)N(c2cc(OC)c(OC)c(OC)c2)C1=O. The molecule has 1 aliphatic rings. The first-order valence-electron chi connectivity index (χ1n) is 6.16. The van der Waals surface area contributed by atoms with E-state index in [-0.39, 0.29) is 5.91 Å². The minimum atomic E-state index is -0.258. The van der Waals surface area contributed by atoms with Crippen LogP contribution in [0.5, 0.6) is 17.2 Å². The first-order valence-corrected chi connectivity index (χ1v) is 7.39. The van der Waals surface area contributed by atoms with Crippen LogP contribution in [0.2, 0.25) is 0 Å². The van der Waals surface area contributed by atoms with Crippen LogP contribution in [-0.2, 0) is 9.53 Å². The van der Waals surface area contributed by atoms with Crippen molar-refractivity contribution in [3.05, 3.63) is 23.3 Å². The fourth-order valence-corrected chi connectivity index (χ4v) is 3.23. The van der Waals surface area contributed by atoms with Gasteiger partial charge in [0.2, 0.25) is 5.75 Å². The Morgan fingerprint density at radius 3 is 2.14 bits per heavy atom. The minimum absolute atomic E-state index is 0.258. The van der Waals surface area contributed by atoms with Gasteiger partial charge in [-0.15, -0.1) is 0 Å². The molecular formula is C14H15NO5S2. The zero-order valence-electron chi connectivity index (χ0n) is 12.5. The van der Waals surface area contributed by atoms with E-state index in [1.54, 1.807) is 12.1 Å². The molecule has 1 amide bonds. The van der Waals surface area contributed by atoms with Crippen molar-refractivity contribution >= 4 is 39.9 Å². The van der Waals surface area contributed by atoms with Gasteiger partial charge in [0.05, 0.1) is 34.1 Å². The van der Waals surface area contributed by atoms with Crippen molar-refractivity contribution in [2.24, 2.45) is 0 Å². The van der Waals surface area contributed by atoms with Crippen LogP contribution in [0.15, 0.2) is 23.3 Å². The fourth-order valence-electron chi connectivity index (χ4n) is 1.98. The summed E-state index contributed by atoms with van der Waals surface area (Å²) in [6, 6.07) is 3.34. The van der Waals surface area contributed by atoms with E-state index in [0.717, 1.165) is 0 Å². The van der Waals surface area contributed by atoms with E-state index in [1.807, 2.05) is 0 Å². The van der Waals surface area contributed by atoms with Crippen molar-refractivity contribution in [2.75, 3.05) is 33.3 Å². The molecule has 118 valence electrons. The lowest BCUT2D eigenvalue weighted by atomic mass is 10.2. The van der Waals surface area contributed by atoms with Gasteiger partial charge in [-0.3, -0.25) is 9.69 Å². The van der Waals surface area contributed by atoms with E-state index < -0.39 is 0 Å². The molecule has 0 atom stereocenters. The number of hydrogen-bond donors (Lipinski definition) is 0. The molecule has 2 rings (SSSR count). The second-order valence-electron chi connectivity index (χ2n) is 4.11. The topological polar surface area (TPSA) is 57.2 Å². The van der Waals surface area contributed by atoms with Crippen LogP contribution < -0.4 is 19.1 Å². The number of hydrogen-bond acceptors (Lipinski definition) is 7. The Morgan fingerprint density at radius 1 is 1.09 bits per heavy atom. The molecule has 22 heavy (non-hydrogen) atoms. The maximum absolute atomic E-state index is 12.4. The zero-order chi connectivity index (χ0) is 16.3. The van der Waals surface area contributed by atoms with Gasteiger partial charge in [0.25, 0.3) is 5.91 Å². The van der Waals surface area contributed by atoms with Crippen LogP contribution in [0.1, 0.15) is 0 Å². The number of rotatable bonds is 5. The number of methoxy groups -OCH3 is 4. The molecule has 0 saturated carbocycles. The van der Waals surface area contributed by atoms with E-state index in [9.17, 15) is 4.79 Å². The van der Waals surface area contributed by atoms with Gasteiger partial charge in [-0.2, -0.15) is 0 Å². The second kappa shape index (κ2) is 6.89. The number of carbonyl (C=O) groups is 1. The Morgan fingerprint density at radius 2 is 1.68 bits per heavy atom. The summed E-state index contributed by atoms with van der Waals surface area (Å²) in [5, 5.41) is 0. The van der Waals surface area contributed by atoms with Gasteiger partial charge in [-0.25, -0.2) is 0 Å². The average Bonchev–Trinajstić information content (AvgIpc) is 2.80. The summed E-state index contributed by atoms with van der Waals surface area (Å²) in [7, 11) is 6.01. The predicted octanol–water partition coefficient (Wildman–Crippen LogP) is 2.56. The molecule has 8 heteroatoms. The van der Waals surface area contributed by atoms with Crippen LogP contribution in [0.3, 0.4) is 0 Å². The molecule has 0 spiro atoms. The van der Waals surface area contributed by atoms with Crippen LogP contribution in [0.25, 0.3) is 0 Å². The van der Waals surface area contributed by atoms with E-state index in [1.165, 1.54) is 51.4 Å². The van der Waals surface area contributed by atoms with E-state index in [0.29, 0.717) is 32.2 Å². The molecule has 1 fully saturated rings. The zero-order valence-corrected chi connectivity index (χ0v) is 14.2. The number of amides is 1. The molecule has 1 aromatic rings. The Kier molecular flexibility index (Phi) is 5.15. The Bertz CT molecular complexity index is 619. The summed E-state index contributed by atoms with van der Waals surface area (Å²) in [6.45, 7) is 0. The molecule has 1 heterocycles. The lowest BCUT2D eigenvalue weighted by molar-refractivity contribution is -0.113. The van der Waals surface area contributed by atoms with Gasteiger partial charge >= 0.3 is 0 Å². The monoisotopic (exact) mass is 341 g/mol. The first-order chi connectivity index (χ1) is 10.6. The van der Waals surface area contributed by atoms with Crippen LogP contribution in [0.4, 0.5) is 5.69 Å². The maximum Gasteiger partial charge on any atom is 0.273 e. The highest BCUT2D eigenvalue weighted by Gasteiger charge is 2.35. The third-order valence-corrected chi connectivity index (χ3v) is 4.21. The Labute approximate surface area is 138 Å². The van der Waals surface area contributed by atoms with Crippen LogP contribution in [0, 0.1) is 0 Å². The van der Waals surface area contributed by atoms with Gasteiger partial charge in [0, 0.05) is 12.1 Å². The number of anilines is 1. The molecule has 0 radical (unpaired) electrons. The number of benzene rings is 1. The number of nitrogens with zero attached hydrogens (tertiary/aromatic N) is 1. The molecule has 0 N–H and O–H groups in total. The van der Waals surface area contributed by atoms with Crippen molar-refractivity contribution in [3.63, 3.8) is 0 Å². The Hall–Kier alpha value is -1.93. The van der Waals surface area contributed by atoms with E-state index in [4.69, 9.17) is 31.2 Å². The number of carbonyl (C=O) groups excluding carboxylic acids is 1. The highest BCUT2D eigenvalue weighted by atomic mass is 32.2. The molecular weight excluding hydrogens is 326 g/mol. The molecule has 1 aliphatic heterocycles. The molecule has 1 saturated heterocycles. The minimum Gasteiger partial charge on any atom is -0.503 e. The van der Waals surface area contributed by atoms with Gasteiger partial charge in [0.1, 0.15) is 11.2 Å². The molecule has 0 bridgehead atoms. The van der Waals surface area contributed by atoms with Crippen molar-refractivity contribution in [1.29, 1.82) is 0 Å². The van der Waals surface area contributed by atoms with Gasteiger partial charge in [-0.05, 0) is 0 Å². The van der Waals surface area contributed by atoms with E-state index in [2.05, 4.69) is 0 Å². The molecule has 1 aromatic carbocycles. The largest absolute Gasteiger partial charge is 0.503 e. The summed E-state index contributed by atoms with van der Waals surface area (Å²) in [5.41, 5.74) is 0.538. The van der Waals surface area contributed by atoms with Crippen molar-refractivity contribution < 1.29 is 23.7 Å². The van der Waals surface area contributed by atoms with Crippen molar-refractivity contribution in [1.82, 2.24) is 0 Å². The highest BCUT2D eigenvalue weighted by Crippen LogP contribution is 2.44. The molecule has 0 aromatic heterocycles. The summed E-state index contributed by atoms with van der Waals surface area (Å²) >= 11 is 6.44. The molecule has 6 nitrogen and oxygen atoms in total. The number of thioether (sulfide) groups is 1. The van der Waals surface area contributed by atoms with Crippen LogP contribution in [-0.4, -0.2) is 38.7 Å². The fraction of sp³-hybridized carbons (Fsp3) is 0.286. The normalized spacial score (nSPS) is 16.2. The molecule has 0 aliphatic carbocycles. The highest BCUT2D eigenvalue weighted by molar-refractivity contribution is 8.27. The summed E-state index contributed by atoms with van der Waals surface area (Å²) < 4.78 is 21.2. The first kappa shape index (κ1) is 16.4. The Balaban J connectivity index is 2.51. The third kappa shape index (κ3) is 2.84. The van der Waals surface area contributed by atoms with Crippen molar-refractivity contribution in [2.45, 2.75) is 0 Å². The van der Waals surface area contributed by atoms with Gasteiger partial charge < -0.3 is 18.9 Å². The standard InChI is InChI=1S/C14H15NO5S2/c1-17-7-11-13(16)15(14(21)22-11)8-5-9(18-2)12(20-4)10(6-8)19-3/h5-7H,1-4H3/b11-7+. The molecule has 0 unspecified atom stereocenters. The van der Waals surface area contributed by atoms with Gasteiger partial charge in [-0.1, -0.05) is 24.0 Å². The lowest BCUT2D eigenvalue weighted by Crippen LogP contribution is -2.27. The quantitative estimate of drug-likeness (QED) is 0.463. The lowest BCUT2D eigenvalue weighted by Gasteiger charge is -2.19. The van der Waals surface area contributed by atoms with E-state index >= 15 is 0 Å². The van der Waals surface area contributed by atoms with Crippen molar-refractivity contribution in [3.8, 4) is 17.2 Å². The van der Waals surface area contributed by atoms with Gasteiger partial charge in [0.15, 0.2) is 15.8 Å². The summed E-state index contributed by atoms with van der Waals surface area (Å²) in [4.78, 5) is 14.2. The number of ether oxygens (including phenoxy) is 4. The maximum atomic E-state index is 12.4. The second-order valence-corrected chi connectivity index (χ2v) is 5.79. The average molecular weight is 341 g/mol. The summed E-state index contributed by atoms with van der Waals surface area (Å²) in [5.74, 6) is 1.08. The number of thiocarbonyl (C=S) groups is 1. The summed E-state index contributed by atoms with van der Waals surface area (Å²) in [6.07, 6.45) is 1.37. The van der Waals surface area contributed by atoms with Crippen LogP contribution >= 0.6 is 24.0 Å².